The molecule has 59 heavy (non-hydrogen) atoms. The van der Waals surface area contributed by atoms with E-state index in [1.165, 1.54) is 0 Å². The van der Waals surface area contributed by atoms with Gasteiger partial charge in [-0.25, -0.2) is 9.59 Å². The average molecular weight is 858 g/mol. The maximum absolute atomic E-state index is 13.7. The number of hydrogen-bond acceptors (Lipinski definition) is 16. The van der Waals surface area contributed by atoms with Gasteiger partial charge in [-0.15, -0.1) is 0 Å². The fraction of sp³-hybridized carbons (Fsp3) is 0.641. The molecule has 0 unspecified atom stereocenters. The van der Waals surface area contributed by atoms with Crippen molar-refractivity contribution in [1.29, 1.82) is 0 Å². The molecule has 1 aliphatic rings. The third-order valence-electron chi connectivity index (χ3n) is 8.26. The van der Waals surface area contributed by atoms with Crippen LogP contribution in [0, 0.1) is 0 Å². The van der Waals surface area contributed by atoms with Crippen molar-refractivity contribution >= 4 is 59.4 Å². The van der Waals surface area contributed by atoms with Gasteiger partial charge >= 0.3 is 35.9 Å². The number of esters is 5. The Kier molecular flexibility index (Phi) is 20.5. The lowest BCUT2D eigenvalue weighted by Crippen LogP contribution is -2.70. The monoisotopic (exact) mass is 857 g/mol. The van der Waals surface area contributed by atoms with E-state index in [1.54, 1.807) is 45.0 Å². The molecule has 330 valence electrons. The molecule has 1 heterocycles. The summed E-state index contributed by atoms with van der Waals surface area (Å²) in [6.07, 6.45) is -5.56. The predicted molar refractivity (Wildman–Crippen MR) is 206 cm³/mol. The fourth-order valence-electron chi connectivity index (χ4n) is 5.92. The number of unbranched alkanes of at least 4 members (excludes halogenated alkanes) is 3. The third kappa shape index (κ3) is 18.6. The van der Waals surface area contributed by atoms with Crippen LogP contribution < -0.4 is 16.0 Å². The third-order valence-corrected chi connectivity index (χ3v) is 8.51. The van der Waals surface area contributed by atoms with Gasteiger partial charge in [-0.1, -0.05) is 36.6 Å². The van der Waals surface area contributed by atoms with E-state index in [0.29, 0.717) is 42.8 Å². The number of benzene rings is 1. The Morgan fingerprint density at radius 2 is 1.49 bits per heavy atom. The van der Waals surface area contributed by atoms with Crippen LogP contribution in [0.4, 0.5) is 4.79 Å². The first kappa shape index (κ1) is 50.1. The van der Waals surface area contributed by atoms with Gasteiger partial charge in [0, 0.05) is 39.3 Å². The van der Waals surface area contributed by atoms with E-state index in [9.17, 15) is 38.4 Å². The molecule has 0 aromatic heterocycles. The van der Waals surface area contributed by atoms with Gasteiger partial charge in [0.05, 0.1) is 39.1 Å². The molecule has 1 aromatic rings. The van der Waals surface area contributed by atoms with Crippen LogP contribution in [-0.4, -0.2) is 123 Å². The summed E-state index contributed by atoms with van der Waals surface area (Å²) in [6.45, 7) is 8.46. The molecule has 3 N–H and O–H groups in total. The molecule has 1 saturated heterocycles. The van der Waals surface area contributed by atoms with E-state index < -0.39 is 109 Å². The molecule has 0 spiro atoms. The highest BCUT2D eigenvalue weighted by Gasteiger charge is 2.59. The number of hydrogen-bond donors (Lipinski definition) is 3. The molecule has 0 bridgehead atoms. The Bertz CT molecular complexity index is 1620. The molecule has 0 aliphatic carbocycles. The van der Waals surface area contributed by atoms with Gasteiger partial charge in [0.15, 0.2) is 18.8 Å². The van der Waals surface area contributed by atoms with Gasteiger partial charge in [-0.2, -0.15) is 0 Å². The van der Waals surface area contributed by atoms with Gasteiger partial charge in [0.2, 0.25) is 5.91 Å². The summed E-state index contributed by atoms with van der Waals surface area (Å²) >= 11 is 5.96. The number of rotatable bonds is 21. The summed E-state index contributed by atoms with van der Waals surface area (Å²) in [4.78, 5) is 101. The largest absolute Gasteiger partial charge is 0.465 e. The van der Waals surface area contributed by atoms with Crippen LogP contribution in [0.3, 0.4) is 0 Å². The molecule has 3 amide bonds. The fourth-order valence-corrected chi connectivity index (χ4v) is 6.05. The van der Waals surface area contributed by atoms with Crippen molar-refractivity contribution in [2.45, 2.75) is 129 Å². The molecule has 1 aliphatic heterocycles. The first-order valence-corrected chi connectivity index (χ1v) is 19.3. The lowest BCUT2D eigenvalue weighted by molar-refractivity contribution is -0.313. The SMILES string of the molecule is COC(=O)[C@@]1(OCCCCCCNC(=O)OC(C)(C)C)C[C@H](OC(C)=O)[C@@H](NC(=O)COC(C)=O)[C@H]([C@H](OC(C)=O)[C@@H](CNC(=O)Cc2ccc(Cl)cc2)OC(C)=O)O1. The second-order valence-electron chi connectivity index (χ2n) is 14.6. The average Bonchev–Trinajstić information content (AvgIpc) is 3.13. The zero-order chi connectivity index (χ0) is 44.3. The number of alkyl carbamates (subject to hydrolysis) is 1. The normalized spacial score (nSPS) is 19.8. The second-order valence-corrected chi connectivity index (χ2v) is 15.0. The van der Waals surface area contributed by atoms with Crippen molar-refractivity contribution in [2.24, 2.45) is 0 Å². The molecular weight excluding hydrogens is 802 g/mol. The predicted octanol–water partition coefficient (Wildman–Crippen LogP) is 2.60. The van der Waals surface area contributed by atoms with Crippen LogP contribution in [0.2, 0.25) is 5.02 Å². The van der Waals surface area contributed by atoms with Crippen LogP contribution in [0.25, 0.3) is 0 Å². The summed E-state index contributed by atoms with van der Waals surface area (Å²) in [5.74, 6) is -8.36. The van der Waals surface area contributed by atoms with Crippen LogP contribution in [0.5, 0.6) is 0 Å². The number of halogens is 1. The van der Waals surface area contributed by atoms with Crippen molar-refractivity contribution in [3.05, 3.63) is 34.9 Å². The smallest absolute Gasteiger partial charge is 0.407 e. The number of ether oxygens (including phenoxy) is 8. The Balaban J connectivity index is 2.50. The minimum atomic E-state index is -2.37. The Morgan fingerprint density at radius 3 is 2.07 bits per heavy atom. The zero-order valence-electron chi connectivity index (χ0n) is 34.7. The van der Waals surface area contributed by atoms with E-state index in [0.717, 1.165) is 34.8 Å². The highest BCUT2D eigenvalue weighted by Crippen LogP contribution is 2.37. The first-order chi connectivity index (χ1) is 27.6. The number of carbonyl (C=O) groups is 8. The molecule has 0 saturated carbocycles. The van der Waals surface area contributed by atoms with Crippen molar-refractivity contribution in [3.63, 3.8) is 0 Å². The summed E-state index contributed by atoms with van der Waals surface area (Å²) < 4.78 is 44.5. The Labute approximate surface area is 348 Å². The van der Waals surface area contributed by atoms with Crippen molar-refractivity contribution < 1.29 is 76.3 Å². The van der Waals surface area contributed by atoms with Gasteiger partial charge in [0.25, 0.3) is 11.7 Å². The number of amides is 3. The molecule has 2 rings (SSSR count). The molecule has 1 fully saturated rings. The minimum Gasteiger partial charge on any atom is -0.465 e. The van der Waals surface area contributed by atoms with E-state index in [-0.39, 0.29) is 13.0 Å². The standard InChI is InChI=1S/C39H56ClN3O16/c1-23(44)53-22-32(49)43-33-29(55-24(2)45)20-39(36(50)52-8,54-18-12-10-9-11-17-41-37(51)59-38(5,6)7)58-35(33)34(57-26(4)47)30(56-25(3)46)21-42-31(48)19-27-13-15-28(40)16-14-27/h13-16,29-30,33-35H,9-12,17-22H2,1-8H3,(H,41,51)(H,42,48)(H,43,49)/t29-,30+,33+,34+,35+,39+/m0/s1. The first-order valence-electron chi connectivity index (χ1n) is 19.0. The second kappa shape index (κ2) is 24.2. The lowest BCUT2D eigenvalue weighted by Gasteiger charge is -2.48. The van der Waals surface area contributed by atoms with Gasteiger partial charge in [-0.05, 0) is 51.3 Å². The quantitative estimate of drug-likeness (QED) is 0.0914. The van der Waals surface area contributed by atoms with Crippen molar-refractivity contribution in [3.8, 4) is 0 Å². The molecule has 0 radical (unpaired) electrons. The van der Waals surface area contributed by atoms with E-state index in [1.807, 2.05) is 0 Å². The number of nitrogens with one attached hydrogen (secondary N) is 3. The molecule has 6 atom stereocenters. The van der Waals surface area contributed by atoms with E-state index >= 15 is 0 Å². The maximum atomic E-state index is 13.7. The van der Waals surface area contributed by atoms with Gasteiger partial charge < -0.3 is 53.8 Å². The zero-order valence-corrected chi connectivity index (χ0v) is 35.4. The minimum absolute atomic E-state index is 0.120. The van der Waals surface area contributed by atoms with Crippen molar-refractivity contribution in [1.82, 2.24) is 16.0 Å². The number of methoxy groups -OCH3 is 1. The highest BCUT2D eigenvalue weighted by atomic mass is 35.5. The number of carbonyl (C=O) groups excluding carboxylic acids is 8. The topological polar surface area (TPSA) is 246 Å². The summed E-state index contributed by atoms with van der Waals surface area (Å²) in [5, 5.41) is 8.32. The van der Waals surface area contributed by atoms with Crippen molar-refractivity contribution in [2.75, 3.05) is 33.4 Å². The van der Waals surface area contributed by atoms with Crippen LogP contribution in [0.15, 0.2) is 24.3 Å². The summed E-state index contributed by atoms with van der Waals surface area (Å²) in [6, 6.07) is 4.98. The van der Waals surface area contributed by atoms with E-state index in [2.05, 4.69) is 16.0 Å². The lowest BCUT2D eigenvalue weighted by atomic mass is 9.87. The van der Waals surface area contributed by atoms with Crippen LogP contribution in [-0.2, 0) is 77.9 Å². The molecule has 1 aromatic carbocycles. The molecule has 20 heteroatoms. The maximum Gasteiger partial charge on any atom is 0.407 e. The Hall–Kier alpha value is -5.01. The summed E-state index contributed by atoms with van der Waals surface area (Å²) in [5.41, 5.74) is -0.0461. The van der Waals surface area contributed by atoms with Crippen LogP contribution in [0.1, 0.15) is 86.1 Å². The molecular formula is C39H56ClN3O16. The van der Waals surface area contributed by atoms with Crippen LogP contribution >= 0.6 is 11.6 Å². The summed E-state index contributed by atoms with van der Waals surface area (Å²) in [7, 11) is 1.05. The van der Waals surface area contributed by atoms with Gasteiger partial charge in [0.1, 0.15) is 17.8 Å². The highest BCUT2D eigenvalue weighted by molar-refractivity contribution is 6.30. The Morgan fingerprint density at radius 1 is 0.847 bits per heavy atom. The van der Waals surface area contributed by atoms with E-state index in [4.69, 9.17) is 49.5 Å². The van der Waals surface area contributed by atoms with Gasteiger partial charge in [-0.3, -0.25) is 28.8 Å². The molecule has 19 nitrogen and oxygen atoms in total.